The molecular weight excluding hydrogens is 366 g/mol. The van der Waals surface area contributed by atoms with Crippen molar-refractivity contribution < 1.29 is 19.4 Å². The highest BCUT2D eigenvalue weighted by molar-refractivity contribution is 5.98. The third-order valence-electron chi connectivity index (χ3n) is 5.03. The van der Waals surface area contributed by atoms with Crippen LogP contribution in [0.15, 0.2) is 60.7 Å². The predicted octanol–water partition coefficient (Wildman–Crippen LogP) is 3.74. The molecule has 5 nitrogen and oxygen atoms in total. The topological polar surface area (TPSA) is 89.6 Å². The summed E-state index contributed by atoms with van der Waals surface area (Å²) in [6.07, 6.45) is 3.55. The van der Waals surface area contributed by atoms with Crippen molar-refractivity contribution in [2.75, 3.05) is 6.61 Å². The molecule has 0 aromatic heterocycles. The highest BCUT2D eigenvalue weighted by Crippen LogP contribution is 2.33. The van der Waals surface area contributed by atoms with Gasteiger partial charge in [-0.1, -0.05) is 74.0 Å². The van der Waals surface area contributed by atoms with Crippen LogP contribution in [0.1, 0.15) is 56.2 Å². The minimum atomic E-state index is -0.572. The van der Waals surface area contributed by atoms with Crippen LogP contribution in [0.2, 0.25) is 0 Å². The van der Waals surface area contributed by atoms with Gasteiger partial charge in [0, 0.05) is 6.42 Å². The van der Waals surface area contributed by atoms with Crippen molar-refractivity contribution in [1.29, 1.82) is 0 Å². The van der Waals surface area contributed by atoms with Crippen molar-refractivity contribution in [1.82, 2.24) is 0 Å². The van der Waals surface area contributed by atoms with Crippen LogP contribution < -0.4 is 5.73 Å². The lowest BCUT2D eigenvalue weighted by atomic mass is 9.83. The van der Waals surface area contributed by atoms with E-state index in [-0.39, 0.29) is 30.8 Å². The van der Waals surface area contributed by atoms with Crippen molar-refractivity contribution >= 4 is 11.8 Å². The van der Waals surface area contributed by atoms with E-state index < -0.39 is 5.60 Å². The molecule has 3 rings (SSSR count). The molecule has 156 valence electrons. The fourth-order valence-corrected chi connectivity index (χ4v) is 3.58. The van der Waals surface area contributed by atoms with Gasteiger partial charge in [0.15, 0.2) is 0 Å². The Balaban J connectivity index is 0.000000253. The maximum absolute atomic E-state index is 11.7. The smallest absolute Gasteiger partial charge is 0.313 e. The number of hydrogen-bond acceptors (Lipinski definition) is 5. The van der Waals surface area contributed by atoms with Gasteiger partial charge in [0.25, 0.3) is 0 Å². The van der Waals surface area contributed by atoms with E-state index in [4.69, 9.17) is 15.6 Å². The first-order valence-electron chi connectivity index (χ1n) is 10.2. The second-order valence-electron chi connectivity index (χ2n) is 7.48. The summed E-state index contributed by atoms with van der Waals surface area (Å²) in [5.41, 5.74) is 7.16. The van der Waals surface area contributed by atoms with Crippen molar-refractivity contribution in [2.45, 2.75) is 57.1 Å². The van der Waals surface area contributed by atoms with Crippen LogP contribution in [0.3, 0.4) is 0 Å². The first-order valence-corrected chi connectivity index (χ1v) is 10.2. The lowest BCUT2D eigenvalue weighted by molar-refractivity contribution is -0.172. The summed E-state index contributed by atoms with van der Waals surface area (Å²) in [5, 5.41) is 8.66. The summed E-state index contributed by atoms with van der Waals surface area (Å²) in [4.78, 5) is 23.2. The lowest BCUT2D eigenvalue weighted by Crippen LogP contribution is -2.43. The number of aliphatic hydroxyl groups is 1. The van der Waals surface area contributed by atoms with E-state index in [1.165, 1.54) is 5.56 Å². The lowest BCUT2D eigenvalue weighted by Gasteiger charge is -2.36. The molecule has 2 aromatic carbocycles. The Morgan fingerprint density at radius 3 is 2.21 bits per heavy atom. The molecule has 0 unspecified atom stereocenters. The predicted molar refractivity (Wildman–Crippen MR) is 113 cm³/mol. The maximum Gasteiger partial charge on any atom is 0.313 e. The number of aryl methyl sites for hydroxylation is 1. The molecule has 2 atom stereocenters. The number of carbonyl (C=O) groups is 2. The first-order chi connectivity index (χ1) is 14.0. The third kappa shape index (κ3) is 7.44. The molecule has 1 heterocycles. The second kappa shape index (κ2) is 11.5. The monoisotopic (exact) mass is 397 g/mol. The molecule has 1 saturated heterocycles. The van der Waals surface area contributed by atoms with Gasteiger partial charge in [-0.2, -0.15) is 0 Å². The van der Waals surface area contributed by atoms with Crippen LogP contribution in [0.25, 0.3) is 0 Å². The van der Waals surface area contributed by atoms with Gasteiger partial charge in [0.1, 0.15) is 17.8 Å². The number of aliphatic hydroxyl groups excluding tert-OH is 1. The molecule has 0 spiro atoms. The molecule has 0 bridgehead atoms. The largest absolute Gasteiger partial charge is 0.458 e. The standard InChI is InChI=1S/C16H20O3.C8H11NO/c1-2-9-16(12-14(17)11-15(18)19-16)10-8-13-6-4-3-5-7-13;9-8(6-10)7-4-2-1-3-5-7/h3-7H,2,8-12H2,1H3;1-5,8,10H,6,9H2/t16-;8-/m10/s1. The Bertz CT molecular complexity index is 745. The number of ketones is 1. The molecule has 1 aliphatic heterocycles. The SMILES string of the molecule is CCC[C@@]1(CCc2ccccc2)CC(=O)CC(=O)O1.N[C@@H](CO)c1ccccc1. The number of cyclic esters (lactones) is 1. The summed E-state index contributed by atoms with van der Waals surface area (Å²) in [7, 11) is 0. The fraction of sp³-hybridized carbons (Fsp3) is 0.417. The molecule has 1 aliphatic rings. The van der Waals surface area contributed by atoms with Crippen molar-refractivity contribution in [3.63, 3.8) is 0 Å². The molecule has 3 N–H and O–H groups in total. The number of carbonyl (C=O) groups excluding carboxylic acids is 2. The summed E-state index contributed by atoms with van der Waals surface area (Å²) in [6.45, 7) is 2.06. The van der Waals surface area contributed by atoms with Gasteiger partial charge in [-0.05, 0) is 30.4 Å². The average Bonchev–Trinajstić information content (AvgIpc) is 2.73. The number of hydrogen-bond donors (Lipinski definition) is 2. The molecular formula is C24H31NO4. The maximum atomic E-state index is 11.7. The number of rotatable bonds is 7. The summed E-state index contributed by atoms with van der Waals surface area (Å²) < 4.78 is 5.55. The third-order valence-corrected chi connectivity index (χ3v) is 5.03. The molecule has 1 fully saturated rings. The van der Waals surface area contributed by atoms with Crippen LogP contribution in [0.4, 0.5) is 0 Å². The minimum absolute atomic E-state index is 0.00398. The van der Waals surface area contributed by atoms with Crippen LogP contribution in [0, 0.1) is 0 Å². The van der Waals surface area contributed by atoms with Gasteiger partial charge in [-0.3, -0.25) is 9.59 Å². The molecule has 0 amide bonds. The zero-order valence-corrected chi connectivity index (χ0v) is 17.0. The second-order valence-corrected chi connectivity index (χ2v) is 7.48. The number of ether oxygens (including phenoxy) is 1. The fourth-order valence-electron chi connectivity index (χ4n) is 3.58. The molecule has 5 heteroatoms. The summed E-state index contributed by atoms with van der Waals surface area (Å²) in [6, 6.07) is 19.4. The Hall–Kier alpha value is -2.50. The Labute approximate surface area is 172 Å². The normalized spacial score (nSPS) is 19.7. The average molecular weight is 398 g/mol. The van der Waals surface area contributed by atoms with Gasteiger partial charge >= 0.3 is 5.97 Å². The van der Waals surface area contributed by atoms with E-state index in [1.807, 2.05) is 48.5 Å². The quantitative estimate of drug-likeness (QED) is 0.549. The molecule has 29 heavy (non-hydrogen) atoms. The number of nitrogens with two attached hydrogens (primary N) is 1. The Kier molecular flexibility index (Phi) is 9.03. The van der Waals surface area contributed by atoms with E-state index in [1.54, 1.807) is 0 Å². The van der Waals surface area contributed by atoms with Gasteiger partial charge < -0.3 is 15.6 Å². The molecule has 0 saturated carbocycles. The molecule has 0 aliphatic carbocycles. The first kappa shape index (κ1) is 22.8. The van der Waals surface area contributed by atoms with Crippen LogP contribution >= 0.6 is 0 Å². The van der Waals surface area contributed by atoms with Crippen LogP contribution in [-0.2, 0) is 20.7 Å². The molecule has 0 radical (unpaired) electrons. The summed E-state index contributed by atoms with van der Waals surface area (Å²) in [5.74, 6) is -0.351. The van der Waals surface area contributed by atoms with Gasteiger partial charge in [-0.15, -0.1) is 0 Å². The zero-order valence-electron chi connectivity index (χ0n) is 17.0. The van der Waals surface area contributed by atoms with Crippen molar-refractivity contribution in [3.05, 3.63) is 71.8 Å². The Morgan fingerprint density at radius 1 is 1.03 bits per heavy atom. The van der Waals surface area contributed by atoms with Crippen LogP contribution in [-0.4, -0.2) is 29.1 Å². The number of esters is 1. The van der Waals surface area contributed by atoms with Crippen molar-refractivity contribution in [2.24, 2.45) is 5.73 Å². The summed E-state index contributed by atoms with van der Waals surface area (Å²) >= 11 is 0. The van der Waals surface area contributed by atoms with E-state index in [0.29, 0.717) is 6.42 Å². The molecule has 2 aromatic rings. The van der Waals surface area contributed by atoms with Gasteiger partial charge in [-0.25, -0.2) is 0 Å². The number of Topliss-reactive ketones (excluding diaryl/α,β-unsaturated/α-hetero) is 1. The highest BCUT2D eigenvalue weighted by atomic mass is 16.6. The number of benzene rings is 2. The minimum Gasteiger partial charge on any atom is -0.458 e. The zero-order chi connectivity index (χ0) is 21.1. The van der Waals surface area contributed by atoms with Gasteiger partial charge in [0.05, 0.1) is 12.6 Å². The van der Waals surface area contributed by atoms with Crippen LogP contribution in [0.5, 0.6) is 0 Å². The van der Waals surface area contributed by atoms with E-state index >= 15 is 0 Å². The van der Waals surface area contributed by atoms with E-state index in [0.717, 1.165) is 31.2 Å². The highest BCUT2D eigenvalue weighted by Gasteiger charge is 2.40. The van der Waals surface area contributed by atoms with Gasteiger partial charge in [0.2, 0.25) is 0 Å². The van der Waals surface area contributed by atoms with E-state index in [2.05, 4.69) is 19.1 Å². The van der Waals surface area contributed by atoms with E-state index in [9.17, 15) is 9.59 Å². The Morgan fingerprint density at radius 2 is 1.66 bits per heavy atom. The van der Waals surface area contributed by atoms with Crippen molar-refractivity contribution in [3.8, 4) is 0 Å².